The van der Waals surface area contributed by atoms with E-state index in [1.54, 1.807) is 37.7 Å². The molecule has 1 aliphatic rings. The van der Waals surface area contributed by atoms with Gasteiger partial charge in [-0.05, 0) is 33.7 Å². The predicted octanol–water partition coefficient (Wildman–Crippen LogP) is 8.33. The molecule has 0 atom stereocenters. The number of hydrogen-bond acceptors (Lipinski definition) is 4. The zero-order chi connectivity index (χ0) is 24.8. The molecule has 0 radical (unpaired) electrons. The first-order chi connectivity index (χ1) is 17.7. The minimum Gasteiger partial charge on any atom is -0.365 e. The lowest BCUT2D eigenvalue weighted by molar-refractivity contribution is 0.0623. The molecule has 5 rings (SSSR count). The summed E-state index contributed by atoms with van der Waals surface area (Å²) < 4.78 is 13.9. The van der Waals surface area contributed by atoms with Gasteiger partial charge in [-0.1, -0.05) is 145 Å². The molecule has 0 saturated heterocycles. The van der Waals surface area contributed by atoms with E-state index in [2.05, 4.69) is 109 Å². The Morgan fingerprint density at radius 1 is 0.556 bits per heavy atom. The molecular formula is C32H28O2S2. The van der Waals surface area contributed by atoms with Crippen LogP contribution in [-0.4, -0.2) is 14.2 Å². The predicted molar refractivity (Wildman–Crippen MR) is 153 cm³/mol. The molecule has 180 valence electrons. The number of thioether (sulfide) groups is 2. The van der Waals surface area contributed by atoms with E-state index in [9.17, 15) is 0 Å². The van der Waals surface area contributed by atoms with Gasteiger partial charge in [0.15, 0.2) is 0 Å². The fourth-order valence-electron chi connectivity index (χ4n) is 4.79. The smallest absolute Gasteiger partial charge is 0.150 e. The molecule has 0 amide bonds. The van der Waals surface area contributed by atoms with Crippen LogP contribution in [0.3, 0.4) is 0 Å². The summed E-state index contributed by atoms with van der Waals surface area (Å²) in [5, 5.41) is 2.22. The molecule has 0 bridgehead atoms. The molecule has 1 heterocycles. The summed E-state index contributed by atoms with van der Waals surface area (Å²) in [5.41, 5.74) is 2.96. The molecule has 0 spiro atoms. The molecule has 0 unspecified atom stereocenters. The third-order valence-corrected chi connectivity index (χ3v) is 8.89. The van der Waals surface area contributed by atoms with Crippen LogP contribution in [0.25, 0.3) is 0 Å². The fourth-order valence-corrected chi connectivity index (χ4v) is 7.26. The second-order valence-corrected chi connectivity index (χ2v) is 10.7. The van der Waals surface area contributed by atoms with E-state index < -0.39 is 11.2 Å². The van der Waals surface area contributed by atoms with Crippen molar-refractivity contribution in [1.29, 1.82) is 0 Å². The Labute approximate surface area is 222 Å². The summed E-state index contributed by atoms with van der Waals surface area (Å²) >= 11 is 3.46. The minimum absolute atomic E-state index is 0.703. The van der Waals surface area contributed by atoms with Crippen molar-refractivity contribution in [2.75, 3.05) is 14.2 Å². The van der Waals surface area contributed by atoms with Crippen molar-refractivity contribution in [2.24, 2.45) is 0 Å². The molecule has 0 aliphatic carbocycles. The topological polar surface area (TPSA) is 18.5 Å². The van der Waals surface area contributed by atoms with Crippen LogP contribution >= 0.6 is 23.5 Å². The molecule has 4 aromatic carbocycles. The van der Waals surface area contributed by atoms with Gasteiger partial charge in [0, 0.05) is 23.4 Å². The van der Waals surface area contributed by atoms with Crippen LogP contribution in [-0.2, 0) is 20.7 Å². The average molecular weight is 509 g/mol. The highest BCUT2D eigenvalue weighted by Crippen LogP contribution is 2.56. The molecule has 0 aromatic heterocycles. The largest absolute Gasteiger partial charge is 0.365 e. The quantitative estimate of drug-likeness (QED) is 0.238. The maximum atomic E-state index is 6.41. The first kappa shape index (κ1) is 24.7. The van der Waals surface area contributed by atoms with Crippen LogP contribution in [0.1, 0.15) is 22.3 Å². The van der Waals surface area contributed by atoms with Crippen LogP contribution in [0.4, 0.5) is 0 Å². The van der Waals surface area contributed by atoms with E-state index in [0.29, 0.717) is 0 Å². The summed E-state index contributed by atoms with van der Waals surface area (Å²) in [5.74, 6) is 0. The number of ether oxygens (including phenoxy) is 2. The lowest BCUT2D eigenvalue weighted by Crippen LogP contribution is -2.31. The maximum absolute atomic E-state index is 6.41. The first-order valence-corrected chi connectivity index (χ1v) is 13.5. The number of hydrogen-bond donors (Lipinski definition) is 0. The van der Waals surface area contributed by atoms with Gasteiger partial charge in [-0.3, -0.25) is 0 Å². The van der Waals surface area contributed by atoms with Crippen molar-refractivity contribution in [3.8, 4) is 0 Å². The highest BCUT2D eigenvalue weighted by Gasteiger charge is 2.42. The molecule has 0 fully saturated rings. The van der Waals surface area contributed by atoms with Gasteiger partial charge in [0.1, 0.15) is 11.2 Å². The Morgan fingerprint density at radius 3 is 1.36 bits per heavy atom. The van der Waals surface area contributed by atoms with Gasteiger partial charge in [-0.2, -0.15) is 0 Å². The van der Waals surface area contributed by atoms with Crippen LogP contribution in [0, 0.1) is 0 Å². The monoisotopic (exact) mass is 508 g/mol. The lowest BCUT2D eigenvalue weighted by atomic mass is 9.86. The summed E-state index contributed by atoms with van der Waals surface area (Å²) in [6.07, 6.45) is 2.24. The van der Waals surface area contributed by atoms with Gasteiger partial charge in [0.2, 0.25) is 0 Å². The van der Waals surface area contributed by atoms with Crippen LogP contribution in [0.2, 0.25) is 0 Å². The standard InChI is InChI=1S/C32H28O2S2/c1-33-31(25-15-7-3-8-16-25,26-17-9-4-10-18-26)23-30-35-24-29(36-30)32(34-2,27-19-11-5-12-20-27)28-21-13-6-14-22-28/h3-24H,1-2H3/b30-23-. The number of methoxy groups -OCH3 is 2. The van der Waals surface area contributed by atoms with E-state index >= 15 is 0 Å². The van der Waals surface area contributed by atoms with Crippen molar-refractivity contribution in [2.45, 2.75) is 11.2 Å². The van der Waals surface area contributed by atoms with Gasteiger partial charge < -0.3 is 9.47 Å². The van der Waals surface area contributed by atoms with Crippen molar-refractivity contribution < 1.29 is 9.47 Å². The summed E-state index contributed by atoms with van der Waals surface area (Å²) in [7, 11) is 3.57. The summed E-state index contributed by atoms with van der Waals surface area (Å²) in [4.78, 5) is 1.13. The third kappa shape index (κ3) is 4.46. The Kier molecular flexibility index (Phi) is 7.49. The van der Waals surface area contributed by atoms with Crippen LogP contribution in [0.5, 0.6) is 0 Å². The van der Waals surface area contributed by atoms with Gasteiger partial charge in [-0.15, -0.1) is 0 Å². The van der Waals surface area contributed by atoms with E-state index in [1.807, 2.05) is 24.3 Å². The fraction of sp³-hybridized carbons (Fsp3) is 0.125. The second kappa shape index (κ2) is 10.9. The first-order valence-electron chi connectivity index (χ1n) is 11.8. The lowest BCUT2D eigenvalue weighted by Gasteiger charge is -2.35. The number of rotatable bonds is 8. The highest BCUT2D eigenvalue weighted by molar-refractivity contribution is 8.28. The van der Waals surface area contributed by atoms with Crippen molar-refractivity contribution in [3.05, 3.63) is 164 Å². The SMILES string of the molecule is COC(/C=C1/SC=C(C(OC)(c2ccccc2)c2ccccc2)S1)(c1ccccc1)c1ccccc1. The molecule has 36 heavy (non-hydrogen) atoms. The van der Waals surface area contributed by atoms with Crippen molar-refractivity contribution in [3.63, 3.8) is 0 Å². The average Bonchev–Trinajstić information content (AvgIpc) is 3.43. The molecule has 1 aliphatic heterocycles. The van der Waals surface area contributed by atoms with Gasteiger partial charge in [0.05, 0.1) is 0 Å². The van der Waals surface area contributed by atoms with Gasteiger partial charge in [-0.25, -0.2) is 0 Å². The van der Waals surface area contributed by atoms with Gasteiger partial charge >= 0.3 is 0 Å². The molecule has 4 heteroatoms. The minimum atomic E-state index is -0.712. The van der Waals surface area contributed by atoms with Crippen molar-refractivity contribution in [1.82, 2.24) is 0 Å². The molecule has 0 N–H and O–H groups in total. The highest BCUT2D eigenvalue weighted by atomic mass is 32.2. The third-order valence-electron chi connectivity index (χ3n) is 6.55. The van der Waals surface area contributed by atoms with E-state index in [-0.39, 0.29) is 0 Å². The normalized spacial score (nSPS) is 15.2. The summed E-state index contributed by atoms with van der Waals surface area (Å²) in [6, 6.07) is 41.7. The Morgan fingerprint density at radius 2 is 0.972 bits per heavy atom. The van der Waals surface area contributed by atoms with E-state index in [4.69, 9.17) is 9.47 Å². The molecule has 0 saturated carbocycles. The number of benzene rings is 4. The molecule has 4 aromatic rings. The summed E-state index contributed by atoms with van der Waals surface area (Å²) in [6.45, 7) is 0. The van der Waals surface area contributed by atoms with E-state index in [1.165, 1.54) is 0 Å². The second-order valence-electron chi connectivity index (χ2n) is 8.45. The van der Waals surface area contributed by atoms with Crippen molar-refractivity contribution >= 4 is 23.5 Å². The van der Waals surface area contributed by atoms with Crippen LogP contribution in [0.15, 0.2) is 142 Å². The Hall–Kier alpha value is -3.02. The molecular weight excluding hydrogens is 480 g/mol. The van der Waals surface area contributed by atoms with Crippen LogP contribution < -0.4 is 0 Å². The van der Waals surface area contributed by atoms with E-state index in [0.717, 1.165) is 31.4 Å². The molecule has 2 nitrogen and oxygen atoms in total. The maximum Gasteiger partial charge on any atom is 0.150 e. The Balaban J connectivity index is 1.60. The zero-order valence-electron chi connectivity index (χ0n) is 20.3. The van der Waals surface area contributed by atoms with Gasteiger partial charge in [0.25, 0.3) is 0 Å². The Bertz CT molecular complexity index is 1260. The zero-order valence-corrected chi connectivity index (χ0v) is 22.0.